The van der Waals surface area contributed by atoms with Crippen LogP contribution < -0.4 is 32.4 Å². The van der Waals surface area contributed by atoms with Gasteiger partial charge >= 0.3 is 0 Å². The number of aromatic amines is 2. The van der Waals surface area contributed by atoms with Crippen molar-refractivity contribution in [3.05, 3.63) is 33.4 Å². The molecule has 4 aromatic rings. The van der Waals surface area contributed by atoms with Crippen LogP contribution in [0.15, 0.2) is 22.2 Å². The fourth-order valence-electron chi connectivity index (χ4n) is 5.94. The lowest BCUT2D eigenvalue weighted by Gasteiger charge is -2.35. The van der Waals surface area contributed by atoms with Crippen LogP contribution in [0.25, 0.3) is 22.3 Å². The number of ether oxygens (including phenoxy) is 2. The zero-order valence-corrected chi connectivity index (χ0v) is 25.6. The normalized spacial score (nSPS) is 37.1. The van der Waals surface area contributed by atoms with Gasteiger partial charge < -0.3 is 48.8 Å². The van der Waals surface area contributed by atoms with Gasteiger partial charge in [0.2, 0.25) is 11.9 Å². The highest BCUT2D eigenvalue weighted by atomic mass is 31.2. The number of nitrogen functional groups attached to an aromatic ring is 2. The van der Waals surface area contributed by atoms with E-state index in [1.807, 2.05) is 0 Å². The van der Waals surface area contributed by atoms with Crippen molar-refractivity contribution in [3.8, 4) is 0 Å². The van der Waals surface area contributed by atoms with Gasteiger partial charge in [0.25, 0.3) is 26.8 Å². The highest BCUT2D eigenvalue weighted by molar-refractivity contribution is 7.46. The van der Waals surface area contributed by atoms with Crippen LogP contribution in [0.2, 0.25) is 0 Å². The lowest BCUT2D eigenvalue weighted by atomic mass is 10.0. The minimum Gasteiger partial charge on any atom is -0.756 e. The minimum absolute atomic E-state index is 0.0393. The molecule has 0 aromatic carbocycles. The van der Waals surface area contributed by atoms with E-state index < -0.39 is 88.7 Å². The Morgan fingerprint density at radius 2 is 1.17 bits per heavy atom. The van der Waals surface area contributed by atoms with E-state index in [4.69, 9.17) is 39.0 Å². The van der Waals surface area contributed by atoms with Gasteiger partial charge in [0, 0.05) is 11.8 Å². The van der Waals surface area contributed by atoms with Gasteiger partial charge in [-0.3, -0.25) is 37.8 Å². The Balaban J connectivity index is 1.18. The van der Waals surface area contributed by atoms with Crippen LogP contribution in [0, 0.1) is 11.8 Å². The van der Waals surface area contributed by atoms with Crippen molar-refractivity contribution in [2.75, 3.05) is 24.7 Å². The molecular weight excluding hydrogens is 658 g/mol. The number of nitrogens with zero attached hydrogens (tertiary/aromatic N) is 6. The quantitative estimate of drug-likeness (QED) is 0.170. The summed E-state index contributed by atoms with van der Waals surface area (Å²) in [6.07, 6.45) is -4.84. The van der Waals surface area contributed by atoms with Gasteiger partial charge in [-0.1, -0.05) is 13.8 Å². The van der Waals surface area contributed by atoms with Gasteiger partial charge in [0.05, 0.1) is 25.9 Å². The van der Waals surface area contributed by atoms with Crippen molar-refractivity contribution in [1.29, 1.82) is 0 Å². The number of hydrogen-bond donors (Lipinski definition) is 4. The third-order valence-corrected chi connectivity index (χ3v) is 9.98. The number of rotatable bonds is 2. The fraction of sp³-hybridized carbons (Fsp3) is 0.545. The molecule has 7 rings (SSSR count). The molecule has 46 heavy (non-hydrogen) atoms. The number of H-pyrrole nitrogens is 2. The Hall–Kier alpha value is -3.56. The summed E-state index contributed by atoms with van der Waals surface area (Å²) in [5.41, 5.74) is 10.1. The van der Waals surface area contributed by atoms with Gasteiger partial charge in [-0.15, -0.1) is 0 Å². The molecule has 0 aliphatic carbocycles. The molecule has 22 nitrogen and oxygen atoms in total. The molecule has 0 amide bonds. The van der Waals surface area contributed by atoms with E-state index in [0.29, 0.717) is 0 Å². The molecule has 0 bridgehead atoms. The van der Waals surface area contributed by atoms with E-state index in [2.05, 4.69) is 29.9 Å². The lowest BCUT2D eigenvalue weighted by Crippen LogP contribution is -2.38. The molecule has 3 fully saturated rings. The van der Waals surface area contributed by atoms with E-state index in [1.54, 1.807) is 13.8 Å². The molecule has 4 unspecified atom stereocenters. The molecule has 4 aromatic heterocycles. The van der Waals surface area contributed by atoms with E-state index in [1.165, 1.54) is 21.8 Å². The Morgan fingerprint density at radius 1 is 0.783 bits per heavy atom. The van der Waals surface area contributed by atoms with Crippen molar-refractivity contribution < 1.29 is 46.5 Å². The molecule has 0 spiro atoms. The third kappa shape index (κ3) is 5.35. The maximum atomic E-state index is 13.1. The summed E-state index contributed by atoms with van der Waals surface area (Å²) in [6.45, 7) is 1.70. The highest BCUT2D eigenvalue weighted by Gasteiger charge is 2.50. The van der Waals surface area contributed by atoms with Crippen LogP contribution in [0.1, 0.15) is 26.3 Å². The number of fused-ring (bicyclic) bond motifs is 4. The molecule has 7 heterocycles. The Kier molecular flexibility index (Phi) is 7.44. The summed E-state index contributed by atoms with van der Waals surface area (Å²) in [5.74, 6) is -2.02. The molecule has 10 atom stereocenters. The number of nitrogens with two attached hydrogens (primary N) is 2. The van der Waals surface area contributed by atoms with Crippen LogP contribution in [-0.4, -0.2) is 76.7 Å². The van der Waals surface area contributed by atoms with Crippen molar-refractivity contribution in [1.82, 2.24) is 39.0 Å². The molecule has 24 heteroatoms. The van der Waals surface area contributed by atoms with Crippen LogP contribution in [0.4, 0.5) is 11.9 Å². The number of nitrogens with one attached hydrogen (secondary N) is 2. The molecule has 3 aliphatic rings. The van der Waals surface area contributed by atoms with E-state index in [0.717, 1.165) is 0 Å². The monoisotopic (exact) mass is 684 g/mol. The standard InChI is InChI=1S/C22H28N10O12P2/c1-7-13-9(41-19(7)31-5-25-11-15(31)27-21(23)29-17(11)33)3-39-46(37,38)44-14-8(2)20(42-10(14)4-40-45(35,36)43-13)32-6-26-12-16(32)28-22(24)30-18(12)34/h5-10,13-14,19-20H,3-4H2,1-2H3,(H,35,36)(H,37,38)(H3,23,27,29,33)(H3,24,28,30,34)/p-2/t7-,8?,9-,10-,13?,14+,19+,20+/m0/s1. The number of phosphoric acid groups is 2. The number of hydrogen-bond acceptors (Lipinski definition) is 18. The molecule has 3 saturated heterocycles. The van der Waals surface area contributed by atoms with E-state index in [9.17, 15) is 28.5 Å². The van der Waals surface area contributed by atoms with Crippen molar-refractivity contribution in [3.63, 3.8) is 0 Å². The SMILES string of the molecule is CC1[C@H]2OP(=O)([O-])OC[C@@H]3O[C@@H](n4cnc5c(=O)[nH]c(N)nc54)[C@@H](C)C3OP(=O)([O-])OC[C@@H]2O[C@H]1n1cnc2c(=O)[nH]c(N)nc21. The average molecular weight is 684 g/mol. The van der Waals surface area contributed by atoms with Gasteiger partial charge in [-0.05, 0) is 0 Å². The average Bonchev–Trinajstić information content (AvgIpc) is 3.72. The zero-order valence-electron chi connectivity index (χ0n) is 23.8. The third-order valence-electron chi connectivity index (χ3n) is 8.04. The largest absolute Gasteiger partial charge is 0.756 e. The van der Waals surface area contributed by atoms with Crippen LogP contribution in [-0.2, 0) is 36.7 Å². The molecular formula is C22H26N10O12P2-2. The Labute approximate surface area is 256 Å². The van der Waals surface area contributed by atoms with Crippen LogP contribution in [0.3, 0.4) is 0 Å². The van der Waals surface area contributed by atoms with Gasteiger partial charge in [-0.2, -0.15) is 9.97 Å². The second-order valence-electron chi connectivity index (χ2n) is 11.0. The fourth-order valence-corrected chi connectivity index (χ4v) is 7.98. The number of imidazole rings is 2. The summed E-state index contributed by atoms with van der Waals surface area (Å²) in [4.78, 5) is 71.7. The summed E-state index contributed by atoms with van der Waals surface area (Å²) in [6, 6.07) is 0. The highest BCUT2D eigenvalue weighted by Crippen LogP contribution is 2.52. The first-order valence-corrected chi connectivity index (χ1v) is 16.7. The molecule has 3 aliphatic heterocycles. The maximum absolute atomic E-state index is 13.1. The van der Waals surface area contributed by atoms with E-state index in [-0.39, 0.29) is 34.2 Å². The molecule has 0 saturated carbocycles. The molecule has 248 valence electrons. The first kappa shape index (κ1) is 31.1. The first-order chi connectivity index (χ1) is 21.7. The Morgan fingerprint density at radius 3 is 1.57 bits per heavy atom. The van der Waals surface area contributed by atoms with Gasteiger partial charge in [0.1, 0.15) is 36.9 Å². The number of anilines is 2. The predicted molar refractivity (Wildman–Crippen MR) is 148 cm³/mol. The van der Waals surface area contributed by atoms with Crippen molar-refractivity contribution >= 4 is 49.9 Å². The maximum Gasteiger partial charge on any atom is 0.280 e. The smallest absolute Gasteiger partial charge is 0.280 e. The van der Waals surface area contributed by atoms with Crippen LogP contribution >= 0.6 is 15.6 Å². The second kappa shape index (κ2) is 11.0. The summed E-state index contributed by atoms with van der Waals surface area (Å²) >= 11 is 0. The van der Waals surface area contributed by atoms with Crippen LogP contribution in [0.5, 0.6) is 0 Å². The number of phosphoric ester groups is 2. The summed E-state index contributed by atoms with van der Waals surface area (Å²) in [5, 5.41) is 0. The van der Waals surface area contributed by atoms with Gasteiger partial charge in [0.15, 0.2) is 22.3 Å². The van der Waals surface area contributed by atoms with Crippen molar-refractivity contribution in [2.45, 2.75) is 50.7 Å². The summed E-state index contributed by atoms with van der Waals surface area (Å²) < 4.78 is 62.2. The zero-order chi connectivity index (χ0) is 32.7. The minimum atomic E-state index is -5.12. The lowest BCUT2D eigenvalue weighted by molar-refractivity contribution is -0.243. The van der Waals surface area contributed by atoms with Crippen molar-refractivity contribution in [2.24, 2.45) is 11.8 Å². The first-order valence-electron chi connectivity index (χ1n) is 13.7. The topological polar surface area (TPSA) is 315 Å². The second-order valence-corrected chi connectivity index (χ2v) is 13.8. The van der Waals surface area contributed by atoms with Gasteiger partial charge in [-0.25, -0.2) is 9.97 Å². The molecule has 0 radical (unpaired) electrons. The number of aromatic nitrogens is 8. The molecule has 6 N–H and O–H groups in total. The summed E-state index contributed by atoms with van der Waals surface area (Å²) in [7, 11) is -10.2. The Bertz CT molecular complexity index is 1900. The predicted octanol–water partition coefficient (Wildman–Crippen LogP) is -1.76. The van der Waals surface area contributed by atoms with E-state index >= 15 is 0 Å².